The zero-order chi connectivity index (χ0) is 14.2. The van der Waals surface area contributed by atoms with Crippen molar-refractivity contribution < 1.29 is 27.2 Å². The Kier molecular flexibility index (Phi) is 3.21. The number of hydrogen-bond donors (Lipinski definition) is 1. The van der Waals surface area contributed by atoms with Crippen LogP contribution in [0.15, 0.2) is 27.8 Å². The van der Waals surface area contributed by atoms with Crippen molar-refractivity contribution in [3.8, 4) is 0 Å². The van der Waals surface area contributed by atoms with Crippen LogP contribution in [0.2, 0.25) is 0 Å². The van der Waals surface area contributed by atoms with E-state index in [1.54, 1.807) is 6.92 Å². The van der Waals surface area contributed by atoms with Gasteiger partial charge in [0.2, 0.25) is 5.71 Å². The van der Waals surface area contributed by atoms with Crippen LogP contribution in [-0.4, -0.2) is 17.1 Å². The lowest BCUT2D eigenvalue weighted by molar-refractivity contribution is -0.0609. The maximum atomic E-state index is 13.1. The van der Waals surface area contributed by atoms with Crippen molar-refractivity contribution in [3.05, 3.63) is 35.3 Å². The Morgan fingerprint density at radius 1 is 1.37 bits per heavy atom. The molecule has 0 aliphatic heterocycles. The fourth-order valence-electron chi connectivity index (χ4n) is 1.89. The van der Waals surface area contributed by atoms with Crippen LogP contribution in [0.3, 0.4) is 0 Å². The van der Waals surface area contributed by atoms with Crippen LogP contribution in [0.25, 0.3) is 11.0 Å². The molecule has 2 rings (SSSR count). The van der Waals surface area contributed by atoms with Crippen molar-refractivity contribution in [3.63, 3.8) is 0 Å². The highest BCUT2D eigenvalue weighted by molar-refractivity contribution is 6.06. The topological polar surface area (TPSA) is 45.7 Å². The molecule has 0 bridgehead atoms. The van der Waals surface area contributed by atoms with E-state index in [4.69, 9.17) is 9.62 Å². The van der Waals surface area contributed by atoms with Gasteiger partial charge in [0.05, 0.1) is 0 Å². The fraction of sp³-hybridized carbons (Fsp3) is 0.250. The molecule has 3 nitrogen and oxygen atoms in total. The molecule has 0 radical (unpaired) electrons. The van der Waals surface area contributed by atoms with Crippen molar-refractivity contribution in [1.82, 2.24) is 0 Å². The van der Waals surface area contributed by atoms with Gasteiger partial charge in [0, 0.05) is 10.9 Å². The van der Waals surface area contributed by atoms with E-state index < -0.39 is 23.5 Å². The average Bonchev–Trinajstić information content (AvgIpc) is 2.65. The van der Waals surface area contributed by atoms with Crippen LogP contribution in [0.4, 0.5) is 17.6 Å². The third-order valence-electron chi connectivity index (χ3n) is 2.69. The molecular weight excluding hydrogens is 266 g/mol. The van der Waals surface area contributed by atoms with Gasteiger partial charge in [-0.1, -0.05) is 12.1 Å². The van der Waals surface area contributed by atoms with Crippen molar-refractivity contribution in [1.29, 1.82) is 0 Å². The Bertz CT molecular complexity index is 643. The van der Waals surface area contributed by atoms with Crippen LogP contribution in [0.1, 0.15) is 18.2 Å². The van der Waals surface area contributed by atoms with Crippen LogP contribution in [0.5, 0.6) is 0 Å². The first-order valence-electron chi connectivity index (χ1n) is 5.39. The van der Waals surface area contributed by atoms with E-state index in [1.807, 2.05) is 0 Å². The number of oxime groups is 1. The van der Waals surface area contributed by atoms with Gasteiger partial charge in [-0.2, -0.15) is 13.2 Å². The summed E-state index contributed by atoms with van der Waals surface area (Å²) < 4.78 is 56.3. The van der Waals surface area contributed by atoms with Gasteiger partial charge in [-0.15, -0.1) is 0 Å². The lowest BCUT2D eigenvalue weighted by atomic mass is 10.1. The van der Waals surface area contributed by atoms with E-state index in [9.17, 15) is 17.6 Å². The Hall–Kier alpha value is -2.05. The van der Waals surface area contributed by atoms with Gasteiger partial charge in [0.25, 0.3) is 0 Å². The molecule has 7 heteroatoms. The molecule has 0 amide bonds. The second-order valence-corrected chi connectivity index (χ2v) is 3.85. The maximum Gasteiger partial charge on any atom is 0.440 e. The summed E-state index contributed by atoms with van der Waals surface area (Å²) in [6, 6.07) is 3.41. The molecular formula is C12H9F4NO2. The molecule has 1 N–H and O–H groups in total. The number of alkyl halides is 3. The summed E-state index contributed by atoms with van der Waals surface area (Å²) >= 11 is 0. The first-order chi connectivity index (χ1) is 8.88. The Balaban J connectivity index is 2.74. The lowest BCUT2D eigenvalue weighted by Crippen LogP contribution is -2.24. The number of rotatable bonds is 2. The number of hydrogen-bond acceptors (Lipinski definition) is 3. The molecule has 0 saturated heterocycles. The Morgan fingerprint density at radius 2 is 2.05 bits per heavy atom. The van der Waals surface area contributed by atoms with Gasteiger partial charge in [-0.25, -0.2) is 4.39 Å². The number of halogens is 4. The summed E-state index contributed by atoms with van der Waals surface area (Å²) in [6.07, 6.45) is -4.67. The average molecular weight is 275 g/mol. The normalized spacial score (nSPS) is 13.2. The largest absolute Gasteiger partial charge is 0.454 e. The van der Waals surface area contributed by atoms with Crippen molar-refractivity contribution in [2.24, 2.45) is 5.16 Å². The Morgan fingerprint density at radius 3 is 2.58 bits per heavy atom. The summed E-state index contributed by atoms with van der Waals surface area (Å²) in [5.74, 6) is -1.16. The van der Waals surface area contributed by atoms with Gasteiger partial charge in [-0.05, 0) is 24.6 Å². The molecule has 19 heavy (non-hydrogen) atoms. The number of aryl methyl sites for hydroxylation is 1. The van der Waals surface area contributed by atoms with Crippen LogP contribution in [-0.2, 0) is 6.42 Å². The fourth-order valence-corrected chi connectivity index (χ4v) is 1.89. The quantitative estimate of drug-likeness (QED) is 0.391. The van der Waals surface area contributed by atoms with E-state index in [-0.39, 0.29) is 23.0 Å². The Labute approximate surface area is 105 Å². The van der Waals surface area contributed by atoms with E-state index in [0.717, 1.165) is 12.1 Å². The highest BCUT2D eigenvalue weighted by Gasteiger charge is 2.41. The monoisotopic (exact) mass is 275 g/mol. The van der Waals surface area contributed by atoms with Crippen molar-refractivity contribution >= 4 is 16.7 Å². The van der Waals surface area contributed by atoms with Crippen LogP contribution < -0.4 is 0 Å². The van der Waals surface area contributed by atoms with Crippen molar-refractivity contribution in [2.45, 2.75) is 19.5 Å². The molecule has 0 unspecified atom stereocenters. The first kappa shape index (κ1) is 13.4. The molecule has 0 atom stereocenters. The predicted octanol–water partition coefficient (Wildman–Crippen LogP) is 3.87. The highest BCUT2D eigenvalue weighted by Crippen LogP contribution is 2.32. The van der Waals surface area contributed by atoms with Crippen molar-refractivity contribution in [2.75, 3.05) is 0 Å². The highest BCUT2D eigenvalue weighted by atomic mass is 19.4. The number of benzene rings is 1. The molecule has 0 saturated carbocycles. The molecule has 0 aliphatic rings. The minimum atomic E-state index is -4.86. The summed E-state index contributed by atoms with van der Waals surface area (Å²) in [5, 5.41) is 11.0. The van der Waals surface area contributed by atoms with Gasteiger partial charge < -0.3 is 9.62 Å². The third-order valence-corrected chi connectivity index (χ3v) is 2.69. The standard InChI is InChI=1S/C12H9F4NO2/c1-2-7-8-5-6(13)3-4-9(8)19-10(7)11(17-18)12(14,15)16/h3-5,18H,2H2,1H3/b17-11+. The molecule has 2 aromatic rings. The number of fused-ring (bicyclic) bond motifs is 1. The van der Waals surface area contributed by atoms with Gasteiger partial charge in [0.1, 0.15) is 11.4 Å². The molecule has 1 aromatic heterocycles. The smallest absolute Gasteiger partial charge is 0.440 e. The summed E-state index contributed by atoms with van der Waals surface area (Å²) in [6.45, 7) is 1.60. The molecule has 0 aliphatic carbocycles. The van der Waals surface area contributed by atoms with Gasteiger partial charge in [-0.3, -0.25) is 0 Å². The summed E-state index contributed by atoms with van der Waals surface area (Å²) in [5.41, 5.74) is -1.26. The van der Waals surface area contributed by atoms with Crippen LogP contribution >= 0.6 is 0 Å². The first-order valence-corrected chi connectivity index (χ1v) is 5.39. The van der Waals surface area contributed by atoms with E-state index in [1.165, 1.54) is 6.07 Å². The van der Waals surface area contributed by atoms with Gasteiger partial charge in [0.15, 0.2) is 5.76 Å². The molecule has 1 heterocycles. The molecule has 0 fully saturated rings. The minimum absolute atomic E-state index is 0.110. The van der Waals surface area contributed by atoms with E-state index in [0.29, 0.717) is 0 Å². The second kappa shape index (κ2) is 4.56. The van der Waals surface area contributed by atoms with E-state index >= 15 is 0 Å². The third kappa shape index (κ3) is 2.27. The maximum absolute atomic E-state index is 13.1. The number of nitrogens with zero attached hydrogens (tertiary/aromatic N) is 1. The second-order valence-electron chi connectivity index (χ2n) is 3.85. The summed E-state index contributed by atoms with van der Waals surface area (Å²) in [4.78, 5) is 0. The minimum Gasteiger partial charge on any atom is -0.454 e. The molecule has 1 aromatic carbocycles. The van der Waals surface area contributed by atoms with E-state index in [2.05, 4.69) is 5.16 Å². The number of furan rings is 1. The zero-order valence-corrected chi connectivity index (χ0v) is 9.75. The predicted molar refractivity (Wildman–Crippen MR) is 59.9 cm³/mol. The SMILES string of the molecule is CCc1c(/C(=N\O)C(F)(F)F)oc2ccc(F)cc12. The molecule has 0 spiro atoms. The molecule has 102 valence electrons. The van der Waals surface area contributed by atoms with Gasteiger partial charge >= 0.3 is 6.18 Å². The summed E-state index contributed by atoms with van der Waals surface area (Å²) in [7, 11) is 0. The lowest BCUT2D eigenvalue weighted by Gasteiger charge is -2.07. The zero-order valence-electron chi connectivity index (χ0n) is 9.75. The van der Waals surface area contributed by atoms with Crippen LogP contribution in [0, 0.1) is 5.82 Å².